The Morgan fingerprint density at radius 3 is 2.81 bits per heavy atom. The number of aryl methyl sites for hydroxylation is 1. The van der Waals surface area contributed by atoms with Gasteiger partial charge in [0.2, 0.25) is 0 Å². The monoisotopic (exact) mass is 257 g/mol. The van der Waals surface area contributed by atoms with Gasteiger partial charge >= 0.3 is 0 Å². The third-order valence-electron chi connectivity index (χ3n) is 1.92. The Bertz CT molecular complexity index is 499. The lowest BCUT2D eigenvalue weighted by Gasteiger charge is -2.04. The van der Waals surface area contributed by atoms with Gasteiger partial charge in [0, 0.05) is 12.3 Å². The second-order valence-corrected chi connectivity index (χ2v) is 4.11. The Hall–Kier alpha value is -1.26. The first-order chi connectivity index (χ1) is 7.65. The van der Waals surface area contributed by atoms with Crippen LogP contribution in [0.5, 0.6) is 0 Å². The minimum atomic E-state index is 0.479. The normalized spacial score (nSPS) is 10.4. The molecule has 0 fully saturated rings. The maximum atomic E-state index is 5.95. The zero-order chi connectivity index (χ0) is 11.5. The first-order valence-corrected chi connectivity index (χ1v) is 5.38. The lowest BCUT2D eigenvalue weighted by atomic mass is 10.3. The van der Waals surface area contributed by atoms with Crippen molar-refractivity contribution in [1.82, 2.24) is 10.1 Å². The Morgan fingerprint density at radius 2 is 2.19 bits per heavy atom. The van der Waals surface area contributed by atoms with Crippen molar-refractivity contribution >= 4 is 29.0 Å². The van der Waals surface area contributed by atoms with Crippen molar-refractivity contribution in [1.29, 1.82) is 0 Å². The highest BCUT2D eigenvalue weighted by molar-refractivity contribution is 6.35. The van der Waals surface area contributed by atoms with Crippen molar-refractivity contribution in [3.8, 4) is 0 Å². The number of aromatic nitrogens is 2. The molecule has 0 spiro atoms. The van der Waals surface area contributed by atoms with E-state index in [0.29, 0.717) is 22.4 Å². The van der Waals surface area contributed by atoms with Gasteiger partial charge in [0.1, 0.15) is 17.3 Å². The summed E-state index contributed by atoms with van der Waals surface area (Å²) in [5.74, 6) is 1.35. The predicted octanol–water partition coefficient (Wildman–Crippen LogP) is 3.30. The van der Waals surface area contributed by atoms with E-state index >= 15 is 0 Å². The summed E-state index contributed by atoms with van der Waals surface area (Å²) in [5.41, 5.74) is 0.797. The molecule has 2 aromatic heterocycles. The molecular formula is C10H9Cl2N3O. The molecule has 0 aliphatic rings. The van der Waals surface area contributed by atoms with Crippen LogP contribution in [-0.2, 0) is 6.54 Å². The standard InChI is InChI=1S/C10H9Cl2N3O/c1-6-2-8(15-16-6)5-14-10-9(12)3-7(11)4-13-10/h2-4H,5H2,1H3,(H,13,14). The Labute approximate surface area is 103 Å². The lowest BCUT2D eigenvalue weighted by molar-refractivity contribution is 0.391. The van der Waals surface area contributed by atoms with Crippen molar-refractivity contribution in [3.05, 3.63) is 39.8 Å². The Morgan fingerprint density at radius 1 is 1.38 bits per heavy atom. The highest BCUT2D eigenvalue weighted by Crippen LogP contribution is 2.22. The highest BCUT2D eigenvalue weighted by Gasteiger charge is 2.04. The van der Waals surface area contributed by atoms with E-state index in [1.165, 1.54) is 6.20 Å². The van der Waals surface area contributed by atoms with Crippen LogP contribution in [0.4, 0.5) is 5.82 Å². The van der Waals surface area contributed by atoms with Crippen LogP contribution in [0.2, 0.25) is 10.0 Å². The van der Waals surface area contributed by atoms with Gasteiger partial charge in [-0.15, -0.1) is 0 Å². The van der Waals surface area contributed by atoms with Gasteiger partial charge in [-0.2, -0.15) is 0 Å². The van der Waals surface area contributed by atoms with Gasteiger partial charge in [-0.1, -0.05) is 28.4 Å². The van der Waals surface area contributed by atoms with Crippen LogP contribution in [-0.4, -0.2) is 10.1 Å². The molecule has 0 radical (unpaired) electrons. The van der Waals surface area contributed by atoms with Crippen LogP contribution in [0.15, 0.2) is 22.9 Å². The number of nitrogens with zero attached hydrogens (tertiary/aromatic N) is 2. The van der Waals surface area contributed by atoms with Crippen molar-refractivity contribution in [2.45, 2.75) is 13.5 Å². The van der Waals surface area contributed by atoms with E-state index in [4.69, 9.17) is 27.7 Å². The molecule has 16 heavy (non-hydrogen) atoms. The second-order valence-electron chi connectivity index (χ2n) is 3.27. The van der Waals surface area contributed by atoms with E-state index in [2.05, 4.69) is 15.5 Å². The fourth-order valence-electron chi connectivity index (χ4n) is 1.22. The lowest BCUT2D eigenvalue weighted by Crippen LogP contribution is -2.01. The number of anilines is 1. The number of hydrogen-bond acceptors (Lipinski definition) is 4. The van der Waals surface area contributed by atoms with Gasteiger partial charge in [-0.05, 0) is 13.0 Å². The summed E-state index contributed by atoms with van der Waals surface area (Å²) in [5, 5.41) is 7.88. The summed E-state index contributed by atoms with van der Waals surface area (Å²) < 4.78 is 4.94. The summed E-state index contributed by atoms with van der Waals surface area (Å²) in [6.07, 6.45) is 1.53. The largest absolute Gasteiger partial charge is 0.363 e. The number of pyridine rings is 1. The van der Waals surface area contributed by atoms with E-state index in [0.717, 1.165) is 11.5 Å². The third-order valence-corrected chi connectivity index (χ3v) is 2.42. The molecule has 0 saturated heterocycles. The molecule has 0 saturated carbocycles. The maximum Gasteiger partial charge on any atom is 0.145 e. The summed E-state index contributed by atoms with van der Waals surface area (Å²) >= 11 is 11.7. The average molecular weight is 258 g/mol. The van der Waals surface area contributed by atoms with Crippen molar-refractivity contribution in [3.63, 3.8) is 0 Å². The molecule has 0 aromatic carbocycles. The SMILES string of the molecule is Cc1cc(CNc2ncc(Cl)cc2Cl)no1. The fraction of sp³-hybridized carbons (Fsp3) is 0.200. The van der Waals surface area contributed by atoms with Gasteiger partial charge < -0.3 is 9.84 Å². The van der Waals surface area contributed by atoms with Crippen LogP contribution in [0.25, 0.3) is 0 Å². The zero-order valence-electron chi connectivity index (χ0n) is 8.50. The summed E-state index contributed by atoms with van der Waals surface area (Å²) in [4.78, 5) is 4.07. The van der Waals surface area contributed by atoms with E-state index in [9.17, 15) is 0 Å². The number of nitrogens with one attached hydrogen (secondary N) is 1. The fourth-order valence-corrected chi connectivity index (χ4v) is 1.67. The second kappa shape index (κ2) is 4.72. The van der Waals surface area contributed by atoms with Crippen LogP contribution >= 0.6 is 23.2 Å². The van der Waals surface area contributed by atoms with Crippen molar-refractivity contribution in [2.24, 2.45) is 0 Å². The topological polar surface area (TPSA) is 51.0 Å². The minimum Gasteiger partial charge on any atom is -0.363 e. The first kappa shape index (κ1) is 11.2. The molecule has 2 heterocycles. The minimum absolute atomic E-state index is 0.479. The average Bonchev–Trinajstić information content (AvgIpc) is 2.63. The zero-order valence-corrected chi connectivity index (χ0v) is 10.0. The van der Waals surface area contributed by atoms with E-state index < -0.39 is 0 Å². The van der Waals surface area contributed by atoms with E-state index in [1.807, 2.05) is 13.0 Å². The molecule has 0 amide bonds. The van der Waals surface area contributed by atoms with Crippen molar-refractivity contribution in [2.75, 3.05) is 5.32 Å². The summed E-state index contributed by atoms with van der Waals surface area (Å²) in [6, 6.07) is 3.48. The summed E-state index contributed by atoms with van der Waals surface area (Å²) in [6.45, 7) is 2.34. The van der Waals surface area contributed by atoms with Crippen LogP contribution in [0.1, 0.15) is 11.5 Å². The van der Waals surface area contributed by atoms with Gasteiger partial charge in [-0.3, -0.25) is 0 Å². The van der Waals surface area contributed by atoms with Crippen LogP contribution < -0.4 is 5.32 Å². The van der Waals surface area contributed by atoms with E-state index in [1.54, 1.807) is 6.07 Å². The third kappa shape index (κ3) is 2.65. The number of hydrogen-bond donors (Lipinski definition) is 1. The molecule has 4 nitrogen and oxygen atoms in total. The van der Waals surface area contributed by atoms with Gasteiger partial charge in [0.05, 0.1) is 16.6 Å². The summed E-state index contributed by atoms with van der Waals surface area (Å²) in [7, 11) is 0. The molecule has 2 rings (SSSR count). The maximum absolute atomic E-state index is 5.95. The predicted molar refractivity (Wildman–Crippen MR) is 62.8 cm³/mol. The number of rotatable bonds is 3. The quantitative estimate of drug-likeness (QED) is 0.917. The molecule has 0 unspecified atom stereocenters. The molecule has 0 aliphatic heterocycles. The molecule has 0 atom stereocenters. The molecule has 0 bridgehead atoms. The Balaban J connectivity index is 2.04. The van der Waals surface area contributed by atoms with Crippen LogP contribution in [0, 0.1) is 6.92 Å². The first-order valence-electron chi connectivity index (χ1n) is 4.62. The number of halogens is 2. The van der Waals surface area contributed by atoms with Crippen LogP contribution in [0.3, 0.4) is 0 Å². The molecule has 0 aliphatic carbocycles. The van der Waals surface area contributed by atoms with Gasteiger partial charge in [-0.25, -0.2) is 4.98 Å². The molecule has 2 aromatic rings. The Kier molecular flexibility index (Phi) is 3.31. The molecular weight excluding hydrogens is 249 g/mol. The molecule has 1 N–H and O–H groups in total. The molecule has 6 heteroatoms. The van der Waals surface area contributed by atoms with E-state index in [-0.39, 0.29) is 0 Å². The van der Waals surface area contributed by atoms with Gasteiger partial charge in [0.15, 0.2) is 0 Å². The van der Waals surface area contributed by atoms with Gasteiger partial charge in [0.25, 0.3) is 0 Å². The smallest absolute Gasteiger partial charge is 0.145 e. The molecule has 84 valence electrons. The van der Waals surface area contributed by atoms with Crippen molar-refractivity contribution < 1.29 is 4.52 Å². The highest BCUT2D eigenvalue weighted by atomic mass is 35.5.